The van der Waals surface area contributed by atoms with E-state index in [0.717, 1.165) is 0 Å². The summed E-state index contributed by atoms with van der Waals surface area (Å²) in [5, 5.41) is 0. The Balaban J connectivity index is 1.98. The molecular formula is C30H28. The number of rotatable bonds is 5. The van der Waals surface area contributed by atoms with Crippen LogP contribution >= 0.6 is 0 Å². The molecule has 0 aliphatic heterocycles. The first-order valence-electron chi connectivity index (χ1n) is 10.6. The fourth-order valence-electron chi connectivity index (χ4n) is 4.42. The van der Waals surface area contributed by atoms with Gasteiger partial charge in [-0.3, -0.25) is 0 Å². The highest BCUT2D eigenvalue weighted by Gasteiger charge is 2.17. The fraction of sp³-hybridized carbons (Fsp3) is 0.133. The van der Waals surface area contributed by atoms with Gasteiger partial charge in [0, 0.05) is 5.92 Å². The van der Waals surface area contributed by atoms with Crippen LogP contribution in [0.4, 0.5) is 0 Å². The lowest BCUT2D eigenvalue weighted by molar-refractivity contribution is 1.03. The molecule has 0 heteroatoms. The smallest absolute Gasteiger partial charge is 0.0278 e. The SMILES string of the molecule is Cc1cc(C)c(/C(=C/C(c2ccccc2)c2ccccc2)c2ccccc2)c(C)c1. The van der Waals surface area contributed by atoms with Gasteiger partial charge in [-0.25, -0.2) is 0 Å². The van der Waals surface area contributed by atoms with Crippen molar-refractivity contribution in [2.45, 2.75) is 26.7 Å². The van der Waals surface area contributed by atoms with Crippen molar-refractivity contribution >= 4 is 5.57 Å². The maximum absolute atomic E-state index is 2.45. The van der Waals surface area contributed by atoms with E-state index >= 15 is 0 Å². The second-order valence-electron chi connectivity index (χ2n) is 8.02. The van der Waals surface area contributed by atoms with Crippen LogP contribution in [-0.2, 0) is 0 Å². The first-order valence-corrected chi connectivity index (χ1v) is 10.6. The Kier molecular flexibility index (Phi) is 5.95. The van der Waals surface area contributed by atoms with Gasteiger partial charge in [-0.1, -0.05) is 115 Å². The molecule has 148 valence electrons. The minimum atomic E-state index is 0.183. The van der Waals surface area contributed by atoms with Gasteiger partial charge in [0.2, 0.25) is 0 Å². The van der Waals surface area contributed by atoms with Gasteiger partial charge in [-0.15, -0.1) is 0 Å². The molecule has 0 spiro atoms. The van der Waals surface area contributed by atoms with Crippen LogP contribution in [-0.4, -0.2) is 0 Å². The molecule has 0 bridgehead atoms. The number of aryl methyl sites for hydroxylation is 3. The van der Waals surface area contributed by atoms with Crippen LogP contribution in [0.2, 0.25) is 0 Å². The molecule has 0 aliphatic rings. The summed E-state index contributed by atoms with van der Waals surface area (Å²) in [5.74, 6) is 0.183. The second-order valence-corrected chi connectivity index (χ2v) is 8.02. The summed E-state index contributed by atoms with van der Waals surface area (Å²) in [7, 11) is 0. The third-order valence-corrected chi connectivity index (χ3v) is 5.68. The van der Waals surface area contributed by atoms with E-state index in [2.05, 4.69) is 130 Å². The van der Waals surface area contributed by atoms with Gasteiger partial charge in [-0.2, -0.15) is 0 Å². The number of hydrogen-bond donors (Lipinski definition) is 0. The maximum atomic E-state index is 2.45. The highest BCUT2D eigenvalue weighted by Crippen LogP contribution is 2.35. The van der Waals surface area contributed by atoms with Gasteiger partial charge >= 0.3 is 0 Å². The first-order chi connectivity index (χ1) is 14.6. The van der Waals surface area contributed by atoms with Crippen LogP contribution in [0.3, 0.4) is 0 Å². The van der Waals surface area contributed by atoms with Crippen molar-refractivity contribution in [2.24, 2.45) is 0 Å². The molecule has 0 nitrogen and oxygen atoms in total. The van der Waals surface area contributed by atoms with Crippen LogP contribution in [0.5, 0.6) is 0 Å². The molecule has 0 saturated heterocycles. The van der Waals surface area contributed by atoms with E-state index < -0.39 is 0 Å². The summed E-state index contributed by atoms with van der Waals surface area (Å²) >= 11 is 0. The number of hydrogen-bond acceptors (Lipinski definition) is 0. The zero-order chi connectivity index (χ0) is 20.9. The maximum Gasteiger partial charge on any atom is 0.0278 e. The molecule has 0 radical (unpaired) electrons. The fourth-order valence-corrected chi connectivity index (χ4v) is 4.42. The second kappa shape index (κ2) is 8.97. The molecule has 30 heavy (non-hydrogen) atoms. The van der Waals surface area contributed by atoms with Crippen LogP contribution in [0, 0.1) is 20.8 Å². The lowest BCUT2D eigenvalue weighted by Gasteiger charge is -2.20. The molecule has 0 aromatic heterocycles. The van der Waals surface area contributed by atoms with Gasteiger partial charge in [-0.05, 0) is 59.7 Å². The molecule has 4 aromatic carbocycles. The lowest BCUT2D eigenvalue weighted by Crippen LogP contribution is -2.02. The van der Waals surface area contributed by atoms with Gasteiger partial charge in [0.05, 0.1) is 0 Å². The molecule has 0 atom stereocenters. The third-order valence-electron chi connectivity index (χ3n) is 5.68. The van der Waals surface area contributed by atoms with Gasteiger partial charge < -0.3 is 0 Å². The predicted molar refractivity (Wildman–Crippen MR) is 129 cm³/mol. The largest absolute Gasteiger partial charge is 0.0641 e. The van der Waals surface area contributed by atoms with Gasteiger partial charge in [0.25, 0.3) is 0 Å². The molecule has 0 unspecified atom stereocenters. The number of allylic oxidation sites excluding steroid dienone is 1. The van der Waals surface area contributed by atoms with Crippen molar-refractivity contribution in [2.75, 3.05) is 0 Å². The van der Waals surface area contributed by atoms with Crippen LogP contribution < -0.4 is 0 Å². The monoisotopic (exact) mass is 388 g/mol. The van der Waals surface area contributed by atoms with Crippen molar-refractivity contribution < 1.29 is 0 Å². The molecule has 0 N–H and O–H groups in total. The van der Waals surface area contributed by atoms with Crippen molar-refractivity contribution in [1.29, 1.82) is 0 Å². The normalized spacial score (nSPS) is 11.7. The molecule has 0 aliphatic carbocycles. The van der Waals surface area contributed by atoms with Crippen LogP contribution in [0.25, 0.3) is 5.57 Å². The summed E-state index contributed by atoms with van der Waals surface area (Å²) in [6, 6.07) is 37.0. The summed E-state index contributed by atoms with van der Waals surface area (Å²) in [6.45, 7) is 6.63. The lowest BCUT2D eigenvalue weighted by atomic mass is 9.83. The van der Waals surface area contributed by atoms with Crippen LogP contribution in [0.1, 0.15) is 44.9 Å². The van der Waals surface area contributed by atoms with Crippen molar-refractivity contribution in [3.8, 4) is 0 Å². The van der Waals surface area contributed by atoms with Crippen LogP contribution in [0.15, 0.2) is 109 Å². The van der Waals surface area contributed by atoms with E-state index in [1.54, 1.807) is 0 Å². The Bertz CT molecular complexity index is 1070. The van der Waals surface area contributed by atoms with E-state index in [1.807, 2.05) is 0 Å². The molecule has 4 aromatic rings. The molecule has 0 saturated carbocycles. The Morgan fingerprint density at radius 2 is 1.03 bits per heavy atom. The molecule has 0 amide bonds. The summed E-state index contributed by atoms with van der Waals surface area (Å²) < 4.78 is 0. The summed E-state index contributed by atoms with van der Waals surface area (Å²) in [4.78, 5) is 0. The molecule has 4 rings (SSSR count). The Morgan fingerprint density at radius 3 is 1.50 bits per heavy atom. The van der Waals surface area contributed by atoms with Crippen molar-refractivity contribution in [3.05, 3.63) is 148 Å². The van der Waals surface area contributed by atoms with E-state index in [-0.39, 0.29) is 5.92 Å². The quantitative estimate of drug-likeness (QED) is 0.326. The average Bonchev–Trinajstić information content (AvgIpc) is 2.77. The van der Waals surface area contributed by atoms with Gasteiger partial charge in [0.1, 0.15) is 0 Å². The van der Waals surface area contributed by atoms with Crippen molar-refractivity contribution in [3.63, 3.8) is 0 Å². The minimum Gasteiger partial charge on any atom is -0.0641 e. The minimum absolute atomic E-state index is 0.183. The zero-order valence-corrected chi connectivity index (χ0v) is 18.0. The standard InChI is InChI=1S/C30H28/c1-22-19-23(2)30(24(3)20-22)29(27-17-11-6-12-18-27)21-28(25-13-7-4-8-14-25)26-15-9-5-10-16-26/h4-21,28H,1-3H3/b29-21+. The van der Waals surface area contributed by atoms with E-state index in [1.165, 1.54) is 44.5 Å². The van der Waals surface area contributed by atoms with E-state index in [0.29, 0.717) is 0 Å². The zero-order valence-electron chi connectivity index (χ0n) is 18.0. The molecule has 0 heterocycles. The van der Waals surface area contributed by atoms with Crippen molar-refractivity contribution in [1.82, 2.24) is 0 Å². The molecule has 0 fully saturated rings. The Morgan fingerprint density at radius 1 is 0.600 bits per heavy atom. The first kappa shape index (κ1) is 19.9. The highest BCUT2D eigenvalue weighted by atomic mass is 14.2. The summed E-state index contributed by atoms with van der Waals surface area (Å²) in [5.41, 5.74) is 10.4. The third kappa shape index (κ3) is 4.28. The predicted octanol–water partition coefficient (Wildman–Crippen LogP) is 7.88. The Labute approximate surface area is 180 Å². The number of benzene rings is 4. The Hall–Kier alpha value is -3.38. The average molecular weight is 389 g/mol. The summed E-state index contributed by atoms with van der Waals surface area (Å²) in [6.07, 6.45) is 2.45. The molecular weight excluding hydrogens is 360 g/mol. The van der Waals surface area contributed by atoms with Gasteiger partial charge in [0.15, 0.2) is 0 Å². The van der Waals surface area contributed by atoms with E-state index in [9.17, 15) is 0 Å². The topological polar surface area (TPSA) is 0 Å². The highest BCUT2D eigenvalue weighted by molar-refractivity contribution is 5.84. The van der Waals surface area contributed by atoms with E-state index in [4.69, 9.17) is 0 Å².